The van der Waals surface area contributed by atoms with E-state index in [0.29, 0.717) is 32.8 Å². The lowest BCUT2D eigenvalue weighted by molar-refractivity contribution is 1.28. The van der Waals surface area contributed by atoms with Gasteiger partial charge in [0.05, 0.1) is 23.3 Å². The predicted octanol–water partition coefficient (Wildman–Crippen LogP) is 14.1. The molecule has 0 atom stereocenters. The molecular formula is C50H35N. The Bertz CT molecular complexity index is 3520. The van der Waals surface area contributed by atoms with E-state index in [1.807, 2.05) is 54.6 Å². The van der Waals surface area contributed by atoms with Crippen LogP contribution in [0.4, 0.5) is 17.1 Å². The minimum absolute atomic E-state index is 0.133. The lowest BCUT2D eigenvalue weighted by Gasteiger charge is -2.27. The number of hydrogen-bond donors (Lipinski definition) is 0. The summed E-state index contributed by atoms with van der Waals surface area (Å²) < 4.78 is 156. The van der Waals surface area contributed by atoms with Crippen molar-refractivity contribution in [1.82, 2.24) is 0 Å². The number of fused-ring (bicyclic) bond motifs is 2. The van der Waals surface area contributed by atoms with Crippen LogP contribution in [-0.4, -0.2) is 0 Å². The van der Waals surface area contributed by atoms with Gasteiger partial charge in [-0.2, -0.15) is 0 Å². The summed E-state index contributed by atoms with van der Waals surface area (Å²) in [6, 6.07) is 18.8. The normalized spacial score (nSPS) is 15.8. The van der Waals surface area contributed by atoms with E-state index in [0.717, 1.165) is 10.3 Å². The van der Waals surface area contributed by atoms with Gasteiger partial charge < -0.3 is 4.90 Å². The van der Waals surface area contributed by atoms with Gasteiger partial charge in [-0.1, -0.05) is 176 Å². The van der Waals surface area contributed by atoms with Gasteiger partial charge in [0, 0.05) is 17.1 Å². The average molecular weight is 667 g/mol. The van der Waals surface area contributed by atoms with E-state index in [-0.39, 0.29) is 16.7 Å². The van der Waals surface area contributed by atoms with Crippen molar-refractivity contribution in [3.8, 4) is 44.5 Å². The maximum absolute atomic E-state index is 9.85. The number of rotatable bonds is 7. The molecule has 9 rings (SSSR count). The molecule has 0 heterocycles. The van der Waals surface area contributed by atoms with E-state index in [1.165, 1.54) is 0 Å². The molecule has 1 nitrogen and oxygen atoms in total. The van der Waals surface area contributed by atoms with Crippen molar-refractivity contribution in [3.63, 3.8) is 0 Å². The van der Waals surface area contributed by atoms with Crippen LogP contribution in [-0.2, 0) is 0 Å². The highest BCUT2D eigenvalue weighted by atomic mass is 15.1. The molecule has 0 fully saturated rings. The van der Waals surface area contributed by atoms with Crippen LogP contribution >= 0.6 is 0 Å². The first-order valence-electron chi connectivity index (χ1n) is 24.6. The predicted molar refractivity (Wildman–Crippen MR) is 218 cm³/mol. The third kappa shape index (κ3) is 5.86. The molecule has 0 aliphatic carbocycles. The molecule has 0 unspecified atom stereocenters. The fourth-order valence-electron chi connectivity index (χ4n) is 6.22. The van der Waals surface area contributed by atoms with Crippen LogP contribution < -0.4 is 4.90 Å². The summed E-state index contributed by atoms with van der Waals surface area (Å²) in [5, 5.41) is 2.57. The Balaban J connectivity index is 1.43. The number of anilines is 3. The van der Waals surface area contributed by atoms with E-state index >= 15 is 0 Å². The van der Waals surface area contributed by atoms with Crippen molar-refractivity contribution in [1.29, 1.82) is 0 Å². The smallest absolute Gasteiger partial charge is 0.0651 e. The third-order valence-corrected chi connectivity index (χ3v) is 8.58. The largest absolute Gasteiger partial charge is 0.310 e. The first kappa shape index (κ1) is 17.3. The molecule has 0 bridgehead atoms. The van der Waals surface area contributed by atoms with E-state index in [1.54, 1.807) is 54.6 Å². The second-order valence-electron chi connectivity index (χ2n) is 11.6. The van der Waals surface area contributed by atoms with Crippen LogP contribution in [0.2, 0.25) is 0 Å². The van der Waals surface area contributed by atoms with E-state index in [9.17, 15) is 13.7 Å². The maximum Gasteiger partial charge on any atom is 0.0651 e. The average Bonchev–Trinajstić information content (AvgIpc) is 3.34. The van der Waals surface area contributed by atoms with Crippen molar-refractivity contribution < 1.29 is 23.3 Å². The van der Waals surface area contributed by atoms with Gasteiger partial charge in [-0.25, -0.2) is 0 Å². The Morgan fingerprint density at radius 3 is 1.67 bits per heavy atom. The molecule has 1 heteroatoms. The fraction of sp³-hybridized carbons (Fsp3) is 0. The fourth-order valence-corrected chi connectivity index (χ4v) is 6.22. The molecule has 51 heavy (non-hydrogen) atoms. The molecule has 0 spiro atoms. The SMILES string of the molecule is [2H]c1c([2H])c([2H])c(-c2c([2H])c([2H])c(N(c3c([2H])c([2H])c(-c4c(-c5ccccc5)ccc5ccccc45)c([2H])c3[2H])c3c([2H])c([2H])c([2H])c(-c4cccc5ccccc45)c3[2H])c([2H])c2[2H])c([2H])c1[2H]. The van der Waals surface area contributed by atoms with Gasteiger partial charge in [-0.3, -0.25) is 0 Å². The highest BCUT2D eigenvalue weighted by Gasteiger charge is 2.17. The van der Waals surface area contributed by atoms with E-state index in [2.05, 4.69) is 0 Å². The molecule has 240 valence electrons. The molecule has 0 saturated heterocycles. The Kier molecular flexibility index (Phi) is 4.51. The quantitative estimate of drug-likeness (QED) is 0.164. The first-order valence-corrected chi connectivity index (χ1v) is 16.1. The summed E-state index contributed by atoms with van der Waals surface area (Å²) in [7, 11) is 0. The van der Waals surface area contributed by atoms with Crippen LogP contribution in [0.5, 0.6) is 0 Å². The lowest BCUT2D eigenvalue weighted by atomic mass is 9.89. The summed E-state index contributed by atoms with van der Waals surface area (Å²) in [6.07, 6.45) is 0. The molecule has 0 aliphatic heterocycles. The van der Waals surface area contributed by atoms with Crippen LogP contribution in [0.15, 0.2) is 212 Å². The standard InChI is InChI=1S/C50H35N/c1-3-13-36(14-4-1)37-25-30-43(31-26-37)51(45-21-11-20-42(35-45)47-24-12-19-38-17-7-9-22-46(38)47)44-32-27-41(28-33-44)50-48-23-10-8-18-40(48)29-34-49(50)39-15-5-2-6-16-39/h1-35H/i1D,3D,4D,11D,13D,14D,20D,21D,25D,26D,27D,28D,30D,31D,32D,33D,35D. The van der Waals surface area contributed by atoms with Crippen molar-refractivity contribution >= 4 is 38.6 Å². The van der Waals surface area contributed by atoms with E-state index in [4.69, 9.17) is 9.60 Å². The van der Waals surface area contributed by atoms with Gasteiger partial charge >= 0.3 is 0 Å². The Labute approximate surface area is 323 Å². The molecule has 0 amide bonds. The van der Waals surface area contributed by atoms with Crippen LogP contribution in [0.25, 0.3) is 66.1 Å². The van der Waals surface area contributed by atoms with Crippen LogP contribution in [0.1, 0.15) is 23.3 Å². The molecule has 0 N–H and O–H groups in total. The van der Waals surface area contributed by atoms with Crippen molar-refractivity contribution in [3.05, 3.63) is 212 Å². The summed E-state index contributed by atoms with van der Waals surface area (Å²) in [5.41, 5.74) is -1.93. The monoisotopic (exact) mass is 666 g/mol. The van der Waals surface area contributed by atoms with Crippen molar-refractivity contribution in [2.45, 2.75) is 0 Å². The van der Waals surface area contributed by atoms with Gasteiger partial charge in [0.15, 0.2) is 0 Å². The second kappa shape index (κ2) is 13.3. The molecular weight excluding hydrogens is 615 g/mol. The summed E-state index contributed by atoms with van der Waals surface area (Å²) >= 11 is 0. The topological polar surface area (TPSA) is 3.24 Å². The van der Waals surface area contributed by atoms with Gasteiger partial charge in [-0.15, -0.1) is 0 Å². The van der Waals surface area contributed by atoms with Crippen molar-refractivity contribution in [2.24, 2.45) is 0 Å². The molecule has 9 aromatic carbocycles. The molecule has 0 saturated carbocycles. The molecule has 0 aliphatic rings. The number of benzene rings is 9. The molecule has 0 aromatic heterocycles. The summed E-state index contributed by atoms with van der Waals surface area (Å²) in [5.74, 6) is 0. The maximum atomic E-state index is 9.85. The zero-order valence-electron chi connectivity index (χ0n) is 43.8. The van der Waals surface area contributed by atoms with Crippen LogP contribution in [0, 0.1) is 0 Å². The zero-order chi connectivity index (χ0) is 48.8. The Morgan fingerprint density at radius 1 is 0.333 bits per heavy atom. The summed E-state index contributed by atoms with van der Waals surface area (Å²) in [4.78, 5) is 0.731. The molecule has 0 radical (unpaired) electrons. The number of hydrogen-bond acceptors (Lipinski definition) is 1. The van der Waals surface area contributed by atoms with Gasteiger partial charge in [-0.05, 0) is 102 Å². The Morgan fingerprint density at radius 2 is 0.922 bits per heavy atom. The summed E-state index contributed by atoms with van der Waals surface area (Å²) in [6.45, 7) is 0. The lowest BCUT2D eigenvalue weighted by Crippen LogP contribution is -2.10. The van der Waals surface area contributed by atoms with E-state index < -0.39 is 131 Å². The van der Waals surface area contributed by atoms with Gasteiger partial charge in [0.2, 0.25) is 0 Å². The van der Waals surface area contributed by atoms with Crippen molar-refractivity contribution in [2.75, 3.05) is 4.90 Å². The second-order valence-corrected chi connectivity index (χ2v) is 11.6. The molecule has 9 aromatic rings. The first-order chi connectivity index (χ1) is 32.4. The highest BCUT2D eigenvalue weighted by molar-refractivity contribution is 6.04. The number of nitrogens with zero attached hydrogens (tertiary/aromatic N) is 1. The third-order valence-electron chi connectivity index (χ3n) is 8.58. The minimum Gasteiger partial charge on any atom is -0.310 e. The minimum atomic E-state index is -0.971. The van der Waals surface area contributed by atoms with Gasteiger partial charge in [0.1, 0.15) is 0 Å². The highest BCUT2D eigenvalue weighted by Crippen LogP contribution is 2.42. The van der Waals surface area contributed by atoms with Gasteiger partial charge in [0.25, 0.3) is 0 Å². The van der Waals surface area contributed by atoms with Crippen LogP contribution in [0.3, 0.4) is 0 Å². The zero-order valence-corrected chi connectivity index (χ0v) is 26.8. The Hall–Kier alpha value is -6.70.